The average molecular weight is 254 g/mol. The highest BCUT2D eigenvalue weighted by molar-refractivity contribution is 5.79. The maximum atomic E-state index is 5.81. The molecular weight excluding hydrogens is 236 g/mol. The molecule has 0 aromatic heterocycles. The topological polar surface area (TPSA) is 33.6 Å². The fraction of sp³-hybridized carbons (Fsp3) is 0.188. The second-order valence-corrected chi connectivity index (χ2v) is 4.40. The molecule has 0 saturated heterocycles. The Kier molecular flexibility index (Phi) is 4.18. The van der Waals surface area contributed by atoms with Crippen LogP contribution in [-0.4, -0.2) is 13.3 Å². The Balaban J connectivity index is 2.10. The van der Waals surface area contributed by atoms with Gasteiger partial charge in [0.2, 0.25) is 0 Å². The second kappa shape index (κ2) is 6.05. The van der Waals surface area contributed by atoms with Crippen molar-refractivity contribution < 1.29 is 4.74 Å². The number of ether oxygens (including phenoxy) is 1. The van der Waals surface area contributed by atoms with Crippen molar-refractivity contribution in [3.63, 3.8) is 0 Å². The van der Waals surface area contributed by atoms with Crippen LogP contribution in [-0.2, 0) is 0 Å². The minimum atomic E-state index is 0.824. The van der Waals surface area contributed by atoms with Gasteiger partial charge in [-0.1, -0.05) is 6.07 Å². The Bertz CT molecular complexity index is 574. The lowest BCUT2D eigenvalue weighted by Gasteiger charge is -2.08. The number of aryl methyl sites for hydroxylation is 2. The first kappa shape index (κ1) is 13.1. The van der Waals surface area contributed by atoms with Crippen LogP contribution in [0.1, 0.15) is 16.7 Å². The van der Waals surface area contributed by atoms with Gasteiger partial charge in [0.05, 0.1) is 6.21 Å². The van der Waals surface area contributed by atoms with Gasteiger partial charge in [-0.25, -0.2) is 0 Å². The van der Waals surface area contributed by atoms with Crippen LogP contribution in [0, 0.1) is 13.8 Å². The summed E-state index contributed by atoms with van der Waals surface area (Å²) in [5.74, 6) is 1.68. The minimum Gasteiger partial charge on any atom is -0.457 e. The Morgan fingerprint density at radius 2 is 1.63 bits per heavy atom. The van der Waals surface area contributed by atoms with E-state index in [4.69, 9.17) is 4.74 Å². The lowest BCUT2D eigenvalue weighted by molar-refractivity contribution is 0.482. The zero-order valence-corrected chi connectivity index (χ0v) is 11.5. The highest BCUT2D eigenvalue weighted by Crippen LogP contribution is 2.23. The van der Waals surface area contributed by atoms with Crippen molar-refractivity contribution in [3.8, 4) is 11.5 Å². The van der Waals surface area contributed by atoms with E-state index in [9.17, 15) is 0 Å². The minimum absolute atomic E-state index is 0.824. The zero-order valence-electron chi connectivity index (χ0n) is 11.5. The molecule has 2 aromatic carbocycles. The van der Waals surface area contributed by atoms with E-state index in [1.165, 1.54) is 11.1 Å². The SMILES string of the molecule is CNN=Cc1ccc(Oc2ccc(C)c(C)c2)cc1. The molecule has 0 radical (unpaired) electrons. The third kappa shape index (κ3) is 3.58. The Morgan fingerprint density at radius 1 is 0.947 bits per heavy atom. The molecule has 0 aliphatic carbocycles. The van der Waals surface area contributed by atoms with Crippen molar-refractivity contribution in [2.75, 3.05) is 7.05 Å². The number of benzene rings is 2. The molecule has 1 N–H and O–H groups in total. The lowest BCUT2D eigenvalue weighted by Crippen LogP contribution is -1.94. The molecule has 0 aliphatic heterocycles. The molecule has 0 bridgehead atoms. The fourth-order valence-electron chi connectivity index (χ4n) is 1.67. The molecule has 0 spiro atoms. The van der Waals surface area contributed by atoms with Gasteiger partial charge in [0.15, 0.2) is 0 Å². The molecule has 0 saturated carbocycles. The van der Waals surface area contributed by atoms with Crippen molar-refractivity contribution in [2.24, 2.45) is 5.10 Å². The van der Waals surface area contributed by atoms with Crippen molar-refractivity contribution in [3.05, 3.63) is 59.2 Å². The predicted molar refractivity (Wildman–Crippen MR) is 79.1 cm³/mol. The molecule has 3 heteroatoms. The highest BCUT2D eigenvalue weighted by Gasteiger charge is 1.99. The molecule has 0 aliphatic rings. The van der Waals surface area contributed by atoms with Crippen molar-refractivity contribution >= 4 is 6.21 Å². The van der Waals surface area contributed by atoms with Crippen LogP contribution < -0.4 is 10.2 Å². The van der Waals surface area contributed by atoms with E-state index < -0.39 is 0 Å². The third-order valence-corrected chi connectivity index (χ3v) is 2.94. The lowest BCUT2D eigenvalue weighted by atomic mass is 10.1. The average Bonchev–Trinajstić information content (AvgIpc) is 2.42. The number of nitrogens with one attached hydrogen (secondary N) is 1. The first-order chi connectivity index (χ1) is 9.19. The maximum Gasteiger partial charge on any atom is 0.127 e. The van der Waals surface area contributed by atoms with Gasteiger partial charge in [-0.15, -0.1) is 0 Å². The van der Waals surface area contributed by atoms with Crippen molar-refractivity contribution in [2.45, 2.75) is 13.8 Å². The van der Waals surface area contributed by atoms with Gasteiger partial charge < -0.3 is 10.2 Å². The van der Waals surface area contributed by atoms with Gasteiger partial charge in [0.25, 0.3) is 0 Å². The number of hydrogen-bond donors (Lipinski definition) is 1. The van der Waals surface area contributed by atoms with Crippen LogP contribution in [0.5, 0.6) is 11.5 Å². The van der Waals surface area contributed by atoms with Crippen molar-refractivity contribution in [1.29, 1.82) is 0 Å². The normalized spacial score (nSPS) is 10.7. The number of rotatable bonds is 4. The first-order valence-electron chi connectivity index (χ1n) is 6.24. The van der Waals surface area contributed by atoms with E-state index >= 15 is 0 Å². The van der Waals surface area contributed by atoms with Crippen LogP contribution in [0.2, 0.25) is 0 Å². The van der Waals surface area contributed by atoms with Gasteiger partial charge in [0, 0.05) is 7.05 Å². The van der Waals surface area contributed by atoms with E-state index in [2.05, 4.69) is 30.4 Å². The van der Waals surface area contributed by atoms with Gasteiger partial charge in [-0.3, -0.25) is 0 Å². The Labute approximate surface area is 113 Å². The summed E-state index contributed by atoms with van der Waals surface area (Å²) in [6.45, 7) is 4.18. The monoisotopic (exact) mass is 254 g/mol. The molecule has 19 heavy (non-hydrogen) atoms. The molecule has 98 valence electrons. The largest absolute Gasteiger partial charge is 0.457 e. The summed E-state index contributed by atoms with van der Waals surface area (Å²) in [6, 6.07) is 13.9. The summed E-state index contributed by atoms with van der Waals surface area (Å²) in [7, 11) is 1.77. The molecule has 0 heterocycles. The number of nitrogens with zero attached hydrogens (tertiary/aromatic N) is 1. The molecule has 2 rings (SSSR count). The van der Waals surface area contributed by atoms with Gasteiger partial charge in [-0.05, 0) is 66.9 Å². The molecule has 2 aromatic rings. The second-order valence-electron chi connectivity index (χ2n) is 4.40. The van der Waals surface area contributed by atoms with Gasteiger partial charge >= 0.3 is 0 Å². The predicted octanol–water partition coefficient (Wildman–Crippen LogP) is 3.65. The molecule has 0 fully saturated rings. The molecule has 0 amide bonds. The van der Waals surface area contributed by atoms with Gasteiger partial charge in [0.1, 0.15) is 11.5 Å². The van der Waals surface area contributed by atoms with E-state index in [1.807, 2.05) is 36.4 Å². The van der Waals surface area contributed by atoms with E-state index in [0.29, 0.717) is 0 Å². The van der Waals surface area contributed by atoms with Crippen LogP contribution in [0.25, 0.3) is 0 Å². The molecule has 3 nitrogen and oxygen atoms in total. The fourth-order valence-corrected chi connectivity index (χ4v) is 1.67. The van der Waals surface area contributed by atoms with E-state index in [-0.39, 0.29) is 0 Å². The highest BCUT2D eigenvalue weighted by atomic mass is 16.5. The zero-order chi connectivity index (χ0) is 13.7. The quantitative estimate of drug-likeness (QED) is 0.667. The van der Waals surface area contributed by atoms with Crippen LogP contribution >= 0.6 is 0 Å². The van der Waals surface area contributed by atoms with Crippen LogP contribution in [0.4, 0.5) is 0 Å². The third-order valence-electron chi connectivity index (χ3n) is 2.94. The molecule has 0 atom stereocenters. The standard InChI is InChI=1S/C16H18N2O/c1-12-4-7-16(10-13(12)2)19-15-8-5-14(6-9-15)11-18-17-3/h4-11,17H,1-3H3. The summed E-state index contributed by atoms with van der Waals surface area (Å²) in [4.78, 5) is 0. The summed E-state index contributed by atoms with van der Waals surface area (Å²) in [5, 5.41) is 3.96. The Hall–Kier alpha value is -2.29. The van der Waals surface area contributed by atoms with E-state index in [1.54, 1.807) is 13.3 Å². The molecular formula is C16H18N2O. The number of hydrazone groups is 1. The summed E-state index contributed by atoms with van der Waals surface area (Å²) in [5.41, 5.74) is 6.25. The maximum absolute atomic E-state index is 5.81. The number of hydrogen-bond acceptors (Lipinski definition) is 3. The van der Waals surface area contributed by atoms with Crippen LogP contribution in [0.3, 0.4) is 0 Å². The van der Waals surface area contributed by atoms with E-state index in [0.717, 1.165) is 17.1 Å². The smallest absolute Gasteiger partial charge is 0.127 e. The summed E-state index contributed by atoms with van der Waals surface area (Å²) >= 11 is 0. The van der Waals surface area contributed by atoms with Crippen molar-refractivity contribution in [1.82, 2.24) is 5.43 Å². The molecule has 0 unspecified atom stereocenters. The summed E-state index contributed by atoms with van der Waals surface area (Å²) < 4.78 is 5.81. The summed E-state index contributed by atoms with van der Waals surface area (Å²) in [6.07, 6.45) is 1.76. The van der Waals surface area contributed by atoms with Gasteiger partial charge in [-0.2, -0.15) is 5.10 Å². The first-order valence-corrected chi connectivity index (χ1v) is 6.24. The van der Waals surface area contributed by atoms with Crippen LogP contribution in [0.15, 0.2) is 47.6 Å². The Morgan fingerprint density at radius 3 is 2.26 bits per heavy atom.